The van der Waals surface area contributed by atoms with Crippen LogP contribution in [-0.2, 0) is 13.0 Å². The van der Waals surface area contributed by atoms with Crippen molar-refractivity contribution in [3.05, 3.63) is 100 Å². The van der Waals surface area contributed by atoms with Gasteiger partial charge in [0.25, 0.3) is 11.5 Å². The quantitative estimate of drug-likeness (QED) is 0.330. The number of fused-ring (bicyclic) bond motifs is 1. The molecule has 4 aromatic rings. The van der Waals surface area contributed by atoms with Crippen LogP contribution in [0, 0.1) is 0 Å². The standard InChI is InChI=1S/C24H22N4O3/c1-2-21-26-20-10-6-9-19(22(20)24(30)28(21)18-7-4-3-5-8-18)25-15-16-11-13-17(14-12-16)23(29)27-31/h3-14,25,31H,2,15H2,1H3,(H,27,29). The minimum Gasteiger partial charge on any atom is -0.380 e. The first-order valence-corrected chi connectivity index (χ1v) is 9.99. The van der Waals surface area contributed by atoms with Gasteiger partial charge in [-0.1, -0.05) is 43.3 Å². The highest BCUT2D eigenvalue weighted by molar-refractivity contribution is 5.93. The molecule has 0 aliphatic rings. The first-order valence-electron chi connectivity index (χ1n) is 9.99. The molecule has 7 nitrogen and oxygen atoms in total. The van der Waals surface area contributed by atoms with Gasteiger partial charge in [-0.25, -0.2) is 10.5 Å². The molecule has 0 aliphatic heterocycles. The summed E-state index contributed by atoms with van der Waals surface area (Å²) in [6, 6.07) is 21.9. The molecular weight excluding hydrogens is 392 g/mol. The maximum absolute atomic E-state index is 13.5. The van der Waals surface area contributed by atoms with Crippen LogP contribution in [0.5, 0.6) is 0 Å². The molecule has 3 N–H and O–H groups in total. The zero-order chi connectivity index (χ0) is 21.8. The van der Waals surface area contributed by atoms with E-state index in [-0.39, 0.29) is 5.56 Å². The molecule has 31 heavy (non-hydrogen) atoms. The van der Waals surface area contributed by atoms with Crippen molar-refractivity contribution < 1.29 is 10.0 Å². The lowest BCUT2D eigenvalue weighted by atomic mass is 10.1. The highest BCUT2D eigenvalue weighted by atomic mass is 16.5. The number of carbonyl (C=O) groups excluding carboxylic acids is 1. The Morgan fingerprint density at radius 3 is 2.42 bits per heavy atom. The Labute approximate surface area is 179 Å². The third-order valence-electron chi connectivity index (χ3n) is 5.10. The molecule has 7 heteroatoms. The zero-order valence-electron chi connectivity index (χ0n) is 17.0. The number of nitrogens with zero attached hydrogens (tertiary/aromatic N) is 2. The van der Waals surface area contributed by atoms with Crippen LogP contribution < -0.4 is 16.4 Å². The second kappa shape index (κ2) is 8.81. The fourth-order valence-corrected chi connectivity index (χ4v) is 3.54. The third kappa shape index (κ3) is 4.04. The van der Waals surface area contributed by atoms with Crippen LogP contribution in [0.15, 0.2) is 77.6 Å². The van der Waals surface area contributed by atoms with E-state index in [1.807, 2.05) is 55.5 Å². The van der Waals surface area contributed by atoms with E-state index in [9.17, 15) is 9.59 Å². The molecule has 0 fully saturated rings. The molecular formula is C24H22N4O3. The summed E-state index contributed by atoms with van der Waals surface area (Å²) in [6.07, 6.45) is 0.630. The summed E-state index contributed by atoms with van der Waals surface area (Å²) >= 11 is 0. The fraction of sp³-hybridized carbons (Fsp3) is 0.125. The van der Waals surface area contributed by atoms with E-state index in [2.05, 4.69) is 5.32 Å². The molecule has 1 aromatic heterocycles. The van der Waals surface area contributed by atoms with Crippen LogP contribution in [0.4, 0.5) is 5.69 Å². The summed E-state index contributed by atoms with van der Waals surface area (Å²) in [4.78, 5) is 29.7. The number of hydrogen-bond donors (Lipinski definition) is 3. The maximum atomic E-state index is 13.5. The van der Waals surface area contributed by atoms with Crippen molar-refractivity contribution in [2.45, 2.75) is 19.9 Å². The minimum atomic E-state index is -0.562. The highest BCUT2D eigenvalue weighted by Gasteiger charge is 2.14. The summed E-state index contributed by atoms with van der Waals surface area (Å²) in [5, 5.41) is 12.6. The van der Waals surface area contributed by atoms with E-state index in [4.69, 9.17) is 10.2 Å². The number of nitrogens with one attached hydrogen (secondary N) is 2. The summed E-state index contributed by atoms with van der Waals surface area (Å²) in [5.74, 6) is 0.145. The number of benzene rings is 3. The number of rotatable bonds is 6. The number of hydroxylamine groups is 1. The van der Waals surface area contributed by atoms with Crippen LogP contribution in [0.3, 0.4) is 0 Å². The molecule has 0 bridgehead atoms. The van der Waals surface area contributed by atoms with Crippen molar-refractivity contribution in [3.63, 3.8) is 0 Å². The summed E-state index contributed by atoms with van der Waals surface area (Å²) in [7, 11) is 0. The van der Waals surface area contributed by atoms with Gasteiger partial charge in [0, 0.05) is 24.2 Å². The van der Waals surface area contributed by atoms with Gasteiger partial charge in [0.15, 0.2) is 0 Å². The average molecular weight is 414 g/mol. The van der Waals surface area contributed by atoms with Crippen LogP contribution in [0.25, 0.3) is 16.6 Å². The molecule has 0 unspecified atom stereocenters. The molecule has 3 aromatic carbocycles. The molecule has 0 aliphatic carbocycles. The van der Waals surface area contributed by atoms with Crippen LogP contribution in [0.2, 0.25) is 0 Å². The normalized spacial score (nSPS) is 10.8. The number of carbonyl (C=O) groups is 1. The Morgan fingerprint density at radius 1 is 1.00 bits per heavy atom. The first-order chi connectivity index (χ1) is 15.1. The molecule has 4 rings (SSSR count). The Morgan fingerprint density at radius 2 is 1.74 bits per heavy atom. The van der Waals surface area contributed by atoms with Crippen LogP contribution in [0.1, 0.15) is 28.7 Å². The van der Waals surface area contributed by atoms with E-state index in [0.29, 0.717) is 40.9 Å². The maximum Gasteiger partial charge on any atom is 0.274 e. The van der Waals surface area contributed by atoms with Gasteiger partial charge in [0.2, 0.25) is 0 Å². The molecule has 156 valence electrons. The van der Waals surface area contributed by atoms with Gasteiger partial charge in [0.1, 0.15) is 5.82 Å². The second-order valence-electron chi connectivity index (χ2n) is 7.05. The van der Waals surface area contributed by atoms with E-state index in [0.717, 1.165) is 11.3 Å². The zero-order valence-corrected chi connectivity index (χ0v) is 17.0. The topological polar surface area (TPSA) is 96.2 Å². The second-order valence-corrected chi connectivity index (χ2v) is 7.05. The predicted octanol–water partition coefficient (Wildman–Crippen LogP) is 3.68. The van der Waals surface area contributed by atoms with E-state index in [1.54, 1.807) is 34.3 Å². The molecule has 0 spiro atoms. The van der Waals surface area contributed by atoms with Crippen LogP contribution in [-0.4, -0.2) is 20.7 Å². The first kappa shape index (κ1) is 20.3. The lowest BCUT2D eigenvalue weighted by Crippen LogP contribution is -2.24. The third-order valence-corrected chi connectivity index (χ3v) is 5.10. The minimum absolute atomic E-state index is 0.119. The average Bonchev–Trinajstić information content (AvgIpc) is 2.82. The van der Waals surface area contributed by atoms with Crippen molar-refractivity contribution >= 4 is 22.5 Å². The molecule has 1 amide bonds. The number of aromatic nitrogens is 2. The summed E-state index contributed by atoms with van der Waals surface area (Å²) in [6.45, 7) is 2.44. The Bertz CT molecular complexity index is 1280. The van der Waals surface area contributed by atoms with Gasteiger partial charge < -0.3 is 5.32 Å². The Hall–Kier alpha value is -3.97. The predicted molar refractivity (Wildman–Crippen MR) is 120 cm³/mol. The summed E-state index contributed by atoms with van der Waals surface area (Å²) < 4.78 is 1.66. The molecule has 0 radical (unpaired) electrons. The monoisotopic (exact) mass is 414 g/mol. The smallest absolute Gasteiger partial charge is 0.274 e. The van der Waals surface area contributed by atoms with Crippen molar-refractivity contribution in [3.8, 4) is 5.69 Å². The Kier molecular flexibility index (Phi) is 5.77. The number of aryl methyl sites for hydroxylation is 1. The summed E-state index contributed by atoms with van der Waals surface area (Å²) in [5.41, 5.74) is 4.90. The SMILES string of the molecule is CCc1nc2cccc(NCc3ccc(C(=O)NO)cc3)c2c(=O)n1-c1ccccc1. The van der Waals surface area contributed by atoms with Crippen LogP contribution >= 0.6 is 0 Å². The molecule has 1 heterocycles. The van der Waals surface area contributed by atoms with Gasteiger partial charge in [-0.2, -0.15) is 0 Å². The van der Waals surface area contributed by atoms with Crippen molar-refractivity contribution in [1.82, 2.24) is 15.0 Å². The fourth-order valence-electron chi connectivity index (χ4n) is 3.54. The molecule has 0 saturated heterocycles. The highest BCUT2D eigenvalue weighted by Crippen LogP contribution is 2.21. The van der Waals surface area contributed by atoms with Crippen molar-refractivity contribution in [1.29, 1.82) is 0 Å². The lowest BCUT2D eigenvalue weighted by Gasteiger charge is -2.15. The van der Waals surface area contributed by atoms with E-state index in [1.165, 1.54) is 0 Å². The lowest BCUT2D eigenvalue weighted by molar-refractivity contribution is 0.0706. The van der Waals surface area contributed by atoms with Gasteiger partial charge >= 0.3 is 0 Å². The van der Waals surface area contributed by atoms with Gasteiger partial charge in [0.05, 0.1) is 16.6 Å². The number of anilines is 1. The van der Waals surface area contributed by atoms with Gasteiger partial charge in [-0.05, 0) is 42.0 Å². The van der Waals surface area contributed by atoms with Gasteiger partial charge in [-0.15, -0.1) is 0 Å². The van der Waals surface area contributed by atoms with Crippen molar-refractivity contribution in [2.75, 3.05) is 5.32 Å². The number of para-hydroxylation sites is 1. The van der Waals surface area contributed by atoms with Gasteiger partial charge in [-0.3, -0.25) is 19.4 Å². The molecule has 0 saturated carbocycles. The number of amides is 1. The van der Waals surface area contributed by atoms with E-state index < -0.39 is 5.91 Å². The van der Waals surface area contributed by atoms with Crippen molar-refractivity contribution in [2.24, 2.45) is 0 Å². The largest absolute Gasteiger partial charge is 0.380 e. The number of hydrogen-bond acceptors (Lipinski definition) is 5. The van der Waals surface area contributed by atoms with E-state index >= 15 is 0 Å². The molecule has 0 atom stereocenters. The Balaban J connectivity index is 1.72.